The normalized spacial score (nSPS) is 10.0. The SMILES string of the molecule is Cc1c(F)cc(Br)cc1[As]. The molecule has 0 aliphatic rings. The molecule has 0 spiro atoms. The van der Waals surface area contributed by atoms with Gasteiger partial charge in [-0.05, 0) is 0 Å². The zero-order chi connectivity index (χ0) is 7.72. The van der Waals surface area contributed by atoms with Crippen LogP contribution in [0.25, 0.3) is 0 Å². The van der Waals surface area contributed by atoms with Crippen molar-refractivity contribution in [3.05, 3.63) is 28.0 Å². The summed E-state index contributed by atoms with van der Waals surface area (Å²) < 4.78 is 14.5. The fourth-order valence-corrected chi connectivity index (χ4v) is 1.96. The van der Waals surface area contributed by atoms with Gasteiger partial charge in [0.05, 0.1) is 0 Å². The molecular weight excluding hydrogens is 258 g/mol. The van der Waals surface area contributed by atoms with E-state index >= 15 is 0 Å². The Bertz CT molecular complexity index is 237. The maximum absolute atomic E-state index is 12.8. The summed E-state index contributed by atoms with van der Waals surface area (Å²) in [5.41, 5.74) is 0.697. The Hall–Kier alpha value is 0.188. The van der Waals surface area contributed by atoms with Crippen LogP contribution in [0.15, 0.2) is 16.6 Å². The van der Waals surface area contributed by atoms with Gasteiger partial charge in [-0.25, -0.2) is 0 Å². The average molecular weight is 263 g/mol. The molecule has 0 aliphatic heterocycles. The summed E-state index contributed by atoms with van der Waals surface area (Å²) in [6.07, 6.45) is 0. The fraction of sp³-hybridized carbons (Fsp3) is 0.143. The standard InChI is InChI=1S/C7H5AsBrF/c1-4-6(8)2-5(9)3-7(4)10/h2-3H,1H3. The van der Waals surface area contributed by atoms with E-state index in [1.54, 1.807) is 6.92 Å². The van der Waals surface area contributed by atoms with E-state index in [1.807, 2.05) is 6.07 Å². The average Bonchev–Trinajstić information content (AvgIpc) is 1.82. The van der Waals surface area contributed by atoms with Crippen LogP contribution in [-0.2, 0) is 0 Å². The van der Waals surface area contributed by atoms with Gasteiger partial charge in [0, 0.05) is 0 Å². The van der Waals surface area contributed by atoms with Crippen LogP contribution in [0.1, 0.15) is 5.56 Å². The van der Waals surface area contributed by atoms with Gasteiger partial charge < -0.3 is 0 Å². The summed E-state index contributed by atoms with van der Waals surface area (Å²) in [5, 5.41) is 0. The predicted octanol–water partition coefficient (Wildman–Crippen LogP) is 1.69. The molecule has 0 aliphatic carbocycles. The second-order valence-electron chi connectivity index (χ2n) is 2.03. The predicted molar refractivity (Wildman–Crippen MR) is 44.2 cm³/mol. The van der Waals surface area contributed by atoms with Gasteiger partial charge in [0.2, 0.25) is 0 Å². The van der Waals surface area contributed by atoms with E-state index in [1.165, 1.54) is 6.07 Å². The third kappa shape index (κ3) is 1.61. The molecule has 3 heteroatoms. The Morgan fingerprint density at radius 1 is 1.50 bits per heavy atom. The van der Waals surface area contributed by atoms with Gasteiger partial charge in [-0.3, -0.25) is 0 Å². The van der Waals surface area contributed by atoms with E-state index in [9.17, 15) is 4.39 Å². The third-order valence-corrected chi connectivity index (χ3v) is 2.71. The van der Waals surface area contributed by atoms with Crippen LogP contribution < -0.4 is 4.35 Å². The van der Waals surface area contributed by atoms with Gasteiger partial charge in [0.1, 0.15) is 0 Å². The third-order valence-electron chi connectivity index (χ3n) is 1.28. The molecule has 0 saturated carbocycles. The van der Waals surface area contributed by atoms with Crippen LogP contribution in [0, 0.1) is 12.7 Å². The molecule has 0 unspecified atom stereocenters. The zero-order valence-corrected chi connectivity index (χ0v) is 8.82. The summed E-state index contributed by atoms with van der Waals surface area (Å²) in [6.45, 7) is 1.76. The molecule has 0 heterocycles. The first-order valence-electron chi connectivity index (χ1n) is 2.76. The molecule has 0 aromatic heterocycles. The van der Waals surface area contributed by atoms with E-state index in [-0.39, 0.29) is 5.82 Å². The van der Waals surface area contributed by atoms with Crippen LogP contribution in [0.4, 0.5) is 4.39 Å². The van der Waals surface area contributed by atoms with Crippen LogP contribution in [0.3, 0.4) is 0 Å². The second-order valence-corrected chi connectivity index (χ2v) is 3.96. The van der Waals surface area contributed by atoms with Crippen molar-refractivity contribution in [1.82, 2.24) is 0 Å². The number of benzene rings is 1. The van der Waals surface area contributed by atoms with E-state index in [0.29, 0.717) is 5.56 Å². The summed E-state index contributed by atoms with van der Waals surface area (Å²) in [4.78, 5) is 0. The summed E-state index contributed by atoms with van der Waals surface area (Å²) in [6, 6.07) is 3.34. The molecule has 10 heavy (non-hydrogen) atoms. The van der Waals surface area contributed by atoms with Crippen molar-refractivity contribution in [3.63, 3.8) is 0 Å². The zero-order valence-electron chi connectivity index (χ0n) is 5.36. The summed E-state index contributed by atoms with van der Waals surface area (Å²) >= 11 is 5.53. The van der Waals surface area contributed by atoms with Gasteiger partial charge >= 0.3 is 76.4 Å². The van der Waals surface area contributed by atoms with Gasteiger partial charge in [-0.2, -0.15) is 0 Å². The number of hydrogen-bond acceptors (Lipinski definition) is 0. The maximum atomic E-state index is 12.8. The molecule has 52 valence electrons. The van der Waals surface area contributed by atoms with E-state index < -0.39 is 0 Å². The molecule has 1 aromatic carbocycles. The molecule has 2 radical (unpaired) electrons. The van der Waals surface area contributed by atoms with Crippen molar-refractivity contribution in [1.29, 1.82) is 0 Å². The Morgan fingerprint density at radius 2 is 2.10 bits per heavy atom. The summed E-state index contributed by atoms with van der Waals surface area (Å²) in [5.74, 6) is -0.162. The number of hydrogen-bond donors (Lipinski definition) is 0. The van der Waals surface area contributed by atoms with Crippen molar-refractivity contribution < 1.29 is 4.39 Å². The number of rotatable bonds is 0. The van der Waals surface area contributed by atoms with Crippen molar-refractivity contribution in [2.24, 2.45) is 0 Å². The van der Waals surface area contributed by atoms with E-state index in [2.05, 4.69) is 32.8 Å². The van der Waals surface area contributed by atoms with Gasteiger partial charge in [0.15, 0.2) is 0 Å². The molecule has 1 aromatic rings. The second kappa shape index (κ2) is 3.06. The minimum absolute atomic E-state index is 0.162. The van der Waals surface area contributed by atoms with Crippen LogP contribution in [0.5, 0.6) is 0 Å². The first kappa shape index (κ1) is 8.29. The van der Waals surface area contributed by atoms with Crippen molar-refractivity contribution in [3.8, 4) is 0 Å². The Morgan fingerprint density at radius 3 is 2.60 bits per heavy atom. The molecule has 0 bridgehead atoms. The van der Waals surface area contributed by atoms with Crippen LogP contribution >= 0.6 is 15.9 Å². The van der Waals surface area contributed by atoms with Gasteiger partial charge in [-0.15, -0.1) is 0 Å². The molecule has 0 saturated heterocycles. The van der Waals surface area contributed by atoms with Crippen LogP contribution in [-0.4, -0.2) is 16.9 Å². The van der Waals surface area contributed by atoms with Crippen molar-refractivity contribution >= 4 is 37.1 Å². The number of halogens is 2. The molecular formula is C7H5AsBrF. The van der Waals surface area contributed by atoms with Crippen LogP contribution in [0.2, 0.25) is 0 Å². The van der Waals surface area contributed by atoms with E-state index in [0.717, 1.165) is 8.82 Å². The fourth-order valence-electron chi connectivity index (χ4n) is 0.632. The first-order valence-corrected chi connectivity index (χ1v) is 4.49. The molecule has 0 atom stereocenters. The Labute approximate surface area is 76.4 Å². The van der Waals surface area contributed by atoms with Crippen molar-refractivity contribution in [2.75, 3.05) is 0 Å². The van der Waals surface area contributed by atoms with Crippen molar-refractivity contribution in [2.45, 2.75) is 6.92 Å². The Balaban J connectivity index is 3.31. The molecule has 0 nitrogen and oxygen atoms in total. The molecule has 0 N–H and O–H groups in total. The monoisotopic (exact) mass is 262 g/mol. The molecule has 0 fully saturated rings. The topological polar surface area (TPSA) is 0 Å². The van der Waals surface area contributed by atoms with E-state index in [4.69, 9.17) is 0 Å². The first-order chi connectivity index (χ1) is 4.61. The molecule has 0 amide bonds. The van der Waals surface area contributed by atoms with Gasteiger partial charge in [0.25, 0.3) is 0 Å². The minimum atomic E-state index is -0.162. The van der Waals surface area contributed by atoms with Gasteiger partial charge in [-0.1, -0.05) is 0 Å². The molecule has 1 rings (SSSR count). The summed E-state index contributed by atoms with van der Waals surface area (Å²) in [7, 11) is 0. The quantitative estimate of drug-likeness (QED) is 0.625. The Kier molecular flexibility index (Phi) is 2.54.